The number of hydrogen-bond acceptors (Lipinski definition) is 6. The van der Waals surface area contributed by atoms with Crippen molar-refractivity contribution in [3.8, 4) is 0 Å². The minimum Gasteiger partial charge on any atom is -0.390 e. The van der Waals surface area contributed by atoms with E-state index in [0.29, 0.717) is 25.3 Å². The molecule has 2 aliphatic rings. The number of aliphatic hydroxyl groups excluding tert-OH is 1. The van der Waals surface area contributed by atoms with Gasteiger partial charge in [-0.05, 0) is 29.7 Å². The van der Waals surface area contributed by atoms with E-state index in [1.54, 1.807) is 30.2 Å². The van der Waals surface area contributed by atoms with Crippen molar-refractivity contribution in [2.24, 2.45) is 0 Å². The molecular formula is C23H29N5O3. The summed E-state index contributed by atoms with van der Waals surface area (Å²) in [6.07, 6.45) is 1.91. The van der Waals surface area contributed by atoms with Crippen LogP contribution in [0.4, 0.5) is 5.69 Å². The Morgan fingerprint density at radius 2 is 2.00 bits per heavy atom. The van der Waals surface area contributed by atoms with E-state index in [1.807, 2.05) is 6.07 Å². The van der Waals surface area contributed by atoms with Gasteiger partial charge in [-0.25, -0.2) is 0 Å². The van der Waals surface area contributed by atoms with Gasteiger partial charge in [-0.3, -0.25) is 19.5 Å². The minimum atomic E-state index is -0.650. The summed E-state index contributed by atoms with van der Waals surface area (Å²) in [5.74, 6) is -0.245. The molecule has 0 unspecified atom stereocenters. The molecule has 2 aromatic rings. The van der Waals surface area contributed by atoms with Crippen LogP contribution in [-0.4, -0.2) is 76.6 Å². The number of nitrogens with zero attached hydrogens (tertiary/aromatic N) is 3. The molecule has 0 spiro atoms. The van der Waals surface area contributed by atoms with E-state index in [-0.39, 0.29) is 24.4 Å². The second-order valence-electron chi connectivity index (χ2n) is 8.31. The third-order valence-corrected chi connectivity index (χ3v) is 5.87. The zero-order chi connectivity index (χ0) is 21.8. The first-order valence-corrected chi connectivity index (χ1v) is 10.7. The number of benzene rings is 1. The fourth-order valence-corrected chi connectivity index (χ4v) is 4.08. The van der Waals surface area contributed by atoms with Crippen molar-refractivity contribution in [3.05, 3.63) is 59.4 Å². The largest absolute Gasteiger partial charge is 0.390 e. The van der Waals surface area contributed by atoms with Gasteiger partial charge in [-0.2, -0.15) is 0 Å². The van der Waals surface area contributed by atoms with Gasteiger partial charge in [0.15, 0.2) is 0 Å². The maximum Gasteiger partial charge on any atom is 0.270 e. The summed E-state index contributed by atoms with van der Waals surface area (Å²) >= 11 is 0. The van der Waals surface area contributed by atoms with Crippen LogP contribution >= 0.6 is 0 Å². The maximum absolute atomic E-state index is 12.5. The second-order valence-corrected chi connectivity index (χ2v) is 8.31. The Labute approximate surface area is 182 Å². The lowest BCUT2D eigenvalue weighted by Crippen LogP contribution is -2.56. The van der Waals surface area contributed by atoms with Gasteiger partial charge >= 0.3 is 0 Å². The molecule has 2 amide bonds. The molecule has 1 aromatic carbocycles. The van der Waals surface area contributed by atoms with Crippen molar-refractivity contribution >= 4 is 17.5 Å². The number of hydrogen-bond donors (Lipinski definition) is 3. The monoisotopic (exact) mass is 423 g/mol. The number of pyridine rings is 1. The van der Waals surface area contributed by atoms with Crippen LogP contribution in [0.1, 0.15) is 28.5 Å². The molecule has 4 rings (SSSR count). The number of rotatable bonds is 7. The van der Waals surface area contributed by atoms with E-state index in [0.717, 1.165) is 25.2 Å². The summed E-state index contributed by atoms with van der Waals surface area (Å²) in [6.45, 7) is 5.28. The number of aromatic nitrogens is 1. The maximum atomic E-state index is 12.5. The predicted molar refractivity (Wildman–Crippen MR) is 118 cm³/mol. The normalized spacial score (nSPS) is 17.4. The molecule has 8 nitrogen and oxygen atoms in total. The summed E-state index contributed by atoms with van der Waals surface area (Å²) in [4.78, 5) is 31.9. The van der Waals surface area contributed by atoms with E-state index in [2.05, 4.69) is 38.7 Å². The predicted octanol–water partition coefficient (Wildman–Crippen LogP) is 0.873. The lowest BCUT2D eigenvalue weighted by Gasteiger charge is -2.39. The van der Waals surface area contributed by atoms with E-state index in [1.165, 1.54) is 11.1 Å². The number of anilines is 1. The van der Waals surface area contributed by atoms with E-state index < -0.39 is 6.10 Å². The first-order chi connectivity index (χ1) is 15.0. The quantitative estimate of drug-likeness (QED) is 0.612. The number of fused-ring (bicyclic) bond motifs is 1. The third kappa shape index (κ3) is 5.39. The van der Waals surface area contributed by atoms with Crippen LogP contribution in [0.5, 0.6) is 0 Å². The van der Waals surface area contributed by atoms with E-state index in [9.17, 15) is 14.7 Å². The molecule has 0 aliphatic carbocycles. The Morgan fingerprint density at radius 3 is 2.77 bits per heavy atom. The lowest BCUT2D eigenvalue weighted by atomic mass is 10.00. The highest BCUT2D eigenvalue weighted by molar-refractivity contribution is 5.93. The van der Waals surface area contributed by atoms with E-state index in [4.69, 9.17) is 0 Å². The van der Waals surface area contributed by atoms with Crippen LogP contribution in [0, 0.1) is 0 Å². The molecule has 8 heteroatoms. The first-order valence-electron chi connectivity index (χ1n) is 10.7. The number of aliphatic hydroxyl groups is 1. The first kappa shape index (κ1) is 21.3. The topological polar surface area (TPSA) is 97.8 Å². The van der Waals surface area contributed by atoms with Crippen molar-refractivity contribution in [3.63, 3.8) is 0 Å². The van der Waals surface area contributed by atoms with Crippen molar-refractivity contribution in [1.29, 1.82) is 0 Å². The van der Waals surface area contributed by atoms with Crippen LogP contribution in [0.3, 0.4) is 0 Å². The molecule has 1 aromatic heterocycles. The van der Waals surface area contributed by atoms with Crippen LogP contribution < -0.4 is 10.6 Å². The molecule has 1 saturated heterocycles. The zero-order valence-corrected chi connectivity index (χ0v) is 17.8. The highest BCUT2D eigenvalue weighted by atomic mass is 16.3. The molecule has 31 heavy (non-hydrogen) atoms. The number of likely N-dealkylation sites (tertiary alicyclic amines) is 1. The molecule has 1 fully saturated rings. The van der Waals surface area contributed by atoms with Gasteiger partial charge in [0.25, 0.3) is 5.91 Å². The molecular weight excluding hydrogens is 394 g/mol. The van der Waals surface area contributed by atoms with Gasteiger partial charge in [0.2, 0.25) is 5.91 Å². The highest BCUT2D eigenvalue weighted by Gasteiger charge is 2.28. The standard InChI is InChI=1S/C23H29N5O3/c1-16(29)28-13-20(14-28)26-19-6-8-24-22(10-19)23(31)25-11-21(30)15-27-9-7-17-4-2-3-5-18(17)12-27/h2-6,8,10,20-21,30H,7,9,11-15H2,1H3,(H,24,26)(H,25,31)/t21-/m0/s1. The number of carbonyl (C=O) groups is 2. The van der Waals surface area contributed by atoms with Crippen molar-refractivity contribution < 1.29 is 14.7 Å². The van der Waals surface area contributed by atoms with Crippen LogP contribution in [-0.2, 0) is 17.8 Å². The molecule has 0 radical (unpaired) electrons. The highest BCUT2D eigenvalue weighted by Crippen LogP contribution is 2.19. The van der Waals surface area contributed by atoms with Crippen molar-refractivity contribution in [2.75, 3.05) is 38.0 Å². The molecule has 1 atom stereocenters. The van der Waals surface area contributed by atoms with Gasteiger partial charge in [-0.1, -0.05) is 24.3 Å². The Balaban J connectivity index is 1.23. The molecule has 0 saturated carbocycles. The van der Waals surface area contributed by atoms with Crippen LogP contribution in [0.25, 0.3) is 0 Å². The lowest BCUT2D eigenvalue weighted by molar-refractivity contribution is -0.132. The Morgan fingerprint density at radius 1 is 1.23 bits per heavy atom. The summed E-state index contributed by atoms with van der Waals surface area (Å²) in [5.41, 5.74) is 3.76. The summed E-state index contributed by atoms with van der Waals surface area (Å²) in [5, 5.41) is 16.5. The molecule has 164 valence electrons. The third-order valence-electron chi connectivity index (χ3n) is 5.87. The Bertz CT molecular complexity index is 944. The second kappa shape index (κ2) is 9.45. The van der Waals surface area contributed by atoms with Gasteiger partial charge in [-0.15, -0.1) is 0 Å². The van der Waals surface area contributed by atoms with E-state index >= 15 is 0 Å². The average Bonchev–Trinajstić information content (AvgIpc) is 2.74. The van der Waals surface area contributed by atoms with Crippen molar-refractivity contribution in [1.82, 2.24) is 20.1 Å². The van der Waals surface area contributed by atoms with Gasteiger partial charge in [0.1, 0.15) is 5.69 Å². The fraction of sp³-hybridized carbons (Fsp3) is 0.435. The van der Waals surface area contributed by atoms with Gasteiger partial charge < -0.3 is 20.6 Å². The number of carbonyl (C=O) groups excluding carboxylic acids is 2. The molecule has 0 bridgehead atoms. The molecule has 2 aliphatic heterocycles. The Kier molecular flexibility index (Phi) is 6.48. The van der Waals surface area contributed by atoms with Crippen LogP contribution in [0.2, 0.25) is 0 Å². The van der Waals surface area contributed by atoms with Crippen LogP contribution in [0.15, 0.2) is 42.6 Å². The van der Waals surface area contributed by atoms with Gasteiger partial charge in [0.05, 0.1) is 12.1 Å². The molecule has 3 heterocycles. The SMILES string of the molecule is CC(=O)N1CC(Nc2ccnc(C(=O)NC[C@H](O)CN3CCc4ccccc4C3)c2)C1. The number of nitrogens with one attached hydrogen (secondary N) is 2. The summed E-state index contributed by atoms with van der Waals surface area (Å²) in [6, 6.07) is 12.1. The minimum absolute atomic E-state index is 0.0696. The smallest absolute Gasteiger partial charge is 0.270 e. The summed E-state index contributed by atoms with van der Waals surface area (Å²) in [7, 11) is 0. The van der Waals surface area contributed by atoms with Gasteiger partial charge in [0, 0.05) is 58.1 Å². The molecule has 3 N–H and O–H groups in total. The fourth-order valence-electron chi connectivity index (χ4n) is 4.08. The summed E-state index contributed by atoms with van der Waals surface area (Å²) < 4.78 is 0. The zero-order valence-electron chi connectivity index (χ0n) is 17.8. The Hall–Kier alpha value is -2.97. The number of amides is 2. The average molecular weight is 424 g/mol. The number of β-amino-alcohol motifs (C(OH)–C–C–N with tert-alkyl or cyclic N) is 1. The van der Waals surface area contributed by atoms with Crippen molar-refractivity contribution in [2.45, 2.75) is 32.0 Å².